The van der Waals surface area contributed by atoms with Gasteiger partial charge in [0.25, 0.3) is 0 Å². The third-order valence-corrected chi connectivity index (χ3v) is 4.81. The summed E-state index contributed by atoms with van der Waals surface area (Å²) in [6, 6.07) is 6.99. The van der Waals surface area contributed by atoms with Crippen LogP contribution in [0.3, 0.4) is 0 Å². The SMILES string of the molecule is CC(=O)c1ccc(OCCCC(=O)Nc2nc(C3CCNCC3)nn2C)cc1. The van der Waals surface area contributed by atoms with Gasteiger partial charge in [0.1, 0.15) is 5.75 Å². The van der Waals surface area contributed by atoms with Crippen molar-refractivity contribution in [2.75, 3.05) is 25.0 Å². The molecule has 2 N–H and O–H groups in total. The fourth-order valence-corrected chi connectivity index (χ4v) is 3.16. The van der Waals surface area contributed by atoms with Crippen LogP contribution in [0.5, 0.6) is 5.75 Å². The zero-order valence-electron chi connectivity index (χ0n) is 16.4. The second-order valence-electron chi connectivity index (χ2n) is 7.02. The number of rotatable bonds is 8. The number of hydrogen-bond donors (Lipinski definition) is 2. The van der Waals surface area contributed by atoms with Crippen molar-refractivity contribution in [2.45, 2.75) is 38.5 Å². The van der Waals surface area contributed by atoms with Gasteiger partial charge in [0.2, 0.25) is 11.9 Å². The molecule has 2 heterocycles. The Hall–Kier alpha value is -2.74. The second kappa shape index (κ2) is 9.45. The Bertz CT molecular complexity index is 810. The van der Waals surface area contributed by atoms with E-state index in [0.29, 0.717) is 42.6 Å². The lowest BCUT2D eigenvalue weighted by Crippen LogP contribution is -2.27. The lowest BCUT2D eigenvalue weighted by atomic mass is 9.98. The van der Waals surface area contributed by atoms with Gasteiger partial charge in [0, 0.05) is 24.9 Å². The number of amides is 1. The fraction of sp³-hybridized carbons (Fsp3) is 0.500. The summed E-state index contributed by atoms with van der Waals surface area (Å²) in [6.07, 6.45) is 2.95. The van der Waals surface area contributed by atoms with E-state index in [1.54, 1.807) is 36.0 Å². The molecular formula is C20H27N5O3. The summed E-state index contributed by atoms with van der Waals surface area (Å²) in [6.45, 7) is 3.90. The highest BCUT2D eigenvalue weighted by Crippen LogP contribution is 2.23. The standard InChI is InChI=1S/C20H27N5O3/c1-14(26)15-5-7-17(8-6-15)28-13-3-4-18(27)22-20-23-19(24-25(20)2)16-9-11-21-12-10-16/h5-8,16,21H,3-4,9-13H2,1-2H3,(H,22,23,24,27). The molecule has 1 amide bonds. The molecule has 1 fully saturated rings. The van der Waals surface area contributed by atoms with Crippen LogP contribution in [0.25, 0.3) is 0 Å². The summed E-state index contributed by atoms with van der Waals surface area (Å²) in [5.74, 6) is 2.24. The number of ether oxygens (including phenoxy) is 1. The van der Waals surface area contributed by atoms with Crippen LogP contribution in [-0.4, -0.2) is 46.2 Å². The Morgan fingerprint density at radius 2 is 1.96 bits per heavy atom. The number of anilines is 1. The molecule has 0 aliphatic carbocycles. The van der Waals surface area contributed by atoms with Crippen LogP contribution in [0.1, 0.15) is 54.7 Å². The summed E-state index contributed by atoms with van der Waals surface area (Å²) < 4.78 is 7.25. The van der Waals surface area contributed by atoms with Crippen LogP contribution >= 0.6 is 0 Å². The predicted molar refractivity (Wildman–Crippen MR) is 106 cm³/mol. The molecule has 8 nitrogen and oxygen atoms in total. The number of piperidine rings is 1. The highest BCUT2D eigenvalue weighted by atomic mass is 16.5. The Kier molecular flexibility index (Phi) is 6.76. The van der Waals surface area contributed by atoms with Gasteiger partial charge in [-0.25, -0.2) is 4.68 Å². The zero-order valence-corrected chi connectivity index (χ0v) is 16.4. The maximum Gasteiger partial charge on any atom is 0.227 e. The average Bonchev–Trinajstić information content (AvgIpc) is 3.06. The molecule has 0 spiro atoms. The van der Waals surface area contributed by atoms with Gasteiger partial charge in [-0.05, 0) is 63.5 Å². The Morgan fingerprint density at radius 1 is 1.25 bits per heavy atom. The maximum absolute atomic E-state index is 12.2. The molecule has 28 heavy (non-hydrogen) atoms. The smallest absolute Gasteiger partial charge is 0.227 e. The van der Waals surface area contributed by atoms with Crippen LogP contribution in [-0.2, 0) is 11.8 Å². The van der Waals surface area contributed by atoms with Gasteiger partial charge in [-0.1, -0.05) is 0 Å². The molecule has 0 radical (unpaired) electrons. The molecule has 0 atom stereocenters. The molecule has 3 rings (SSSR count). The monoisotopic (exact) mass is 385 g/mol. The van der Waals surface area contributed by atoms with E-state index in [1.807, 2.05) is 0 Å². The second-order valence-corrected chi connectivity index (χ2v) is 7.02. The highest BCUT2D eigenvalue weighted by Gasteiger charge is 2.21. The topological polar surface area (TPSA) is 98.1 Å². The minimum absolute atomic E-state index is 0.0234. The maximum atomic E-state index is 12.2. The first-order valence-corrected chi connectivity index (χ1v) is 9.68. The fourth-order valence-electron chi connectivity index (χ4n) is 3.16. The molecule has 150 valence electrons. The molecule has 0 bridgehead atoms. The number of carbonyl (C=O) groups excluding carboxylic acids is 2. The van der Waals surface area contributed by atoms with Gasteiger partial charge in [0.05, 0.1) is 6.61 Å². The molecule has 1 aromatic carbocycles. The van der Waals surface area contributed by atoms with Gasteiger partial charge in [-0.15, -0.1) is 0 Å². The molecular weight excluding hydrogens is 358 g/mol. The minimum Gasteiger partial charge on any atom is -0.494 e. The van der Waals surface area contributed by atoms with E-state index in [1.165, 1.54) is 6.92 Å². The molecule has 0 unspecified atom stereocenters. The molecule has 1 aliphatic heterocycles. The van der Waals surface area contributed by atoms with E-state index in [4.69, 9.17) is 4.74 Å². The first-order valence-electron chi connectivity index (χ1n) is 9.68. The molecule has 8 heteroatoms. The molecule has 1 aliphatic rings. The minimum atomic E-state index is -0.108. The van der Waals surface area contributed by atoms with Crippen molar-refractivity contribution < 1.29 is 14.3 Å². The zero-order chi connectivity index (χ0) is 19.9. The molecule has 1 aromatic heterocycles. The summed E-state index contributed by atoms with van der Waals surface area (Å²) in [4.78, 5) is 27.9. The van der Waals surface area contributed by atoms with Gasteiger partial charge in [-0.3, -0.25) is 14.9 Å². The van der Waals surface area contributed by atoms with Gasteiger partial charge >= 0.3 is 0 Å². The van der Waals surface area contributed by atoms with Crippen LogP contribution in [0.2, 0.25) is 0 Å². The van der Waals surface area contributed by atoms with Crippen LogP contribution in [0, 0.1) is 0 Å². The summed E-state index contributed by atoms with van der Waals surface area (Å²) in [5, 5.41) is 10.6. The van der Waals surface area contributed by atoms with E-state index in [0.717, 1.165) is 31.8 Å². The average molecular weight is 385 g/mol. The van der Waals surface area contributed by atoms with Gasteiger partial charge in [-0.2, -0.15) is 10.1 Å². The van der Waals surface area contributed by atoms with E-state index >= 15 is 0 Å². The van der Waals surface area contributed by atoms with Crippen LogP contribution in [0.15, 0.2) is 24.3 Å². The van der Waals surface area contributed by atoms with Crippen LogP contribution in [0.4, 0.5) is 5.95 Å². The number of carbonyl (C=O) groups is 2. The number of ketones is 1. The Morgan fingerprint density at radius 3 is 2.64 bits per heavy atom. The predicted octanol–water partition coefficient (Wildman–Crippen LogP) is 2.28. The van der Waals surface area contributed by atoms with Crippen molar-refractivity contribution >= 4 is 17.6 Å². The third kappa shape index (κ3) is 5.39. The van der Waals surface area contributed by atoms with Crippen molar-refractivity contribution in [1.82, 2.24) is 20.1 Å². The normalized spacial score (nSPS) is 14.6. The molecule has 2 aromatic rings. The number of nitrogens with zero attached hydrogens (tertiary/aromatic N) is 3. The van der Waals surface area contributed by atoms with Crippen molar-refractivity contribution in [3.63, 3.8) is 0 Å². The lowest BCUT2D eigenvalue weighted by molar-refractivity contribution is -0.116. The van der Waals surface area contributed by atoms with E-state index in [-0.39, 0.29) is 11.7 Å². The molecule has 0 saturated carbocycles. The van der Waals surface area contributed by atoms with Gasteiger partial charge < -0.3 is 10.1 Å². The highest BCUT2D eigenvalue weighted by molar-refractivity contribution is 5.94. The third-order valence-electron chi connectivity index (χ3n) is 4.81. The quantitative estimate of drug-likeness (QED) is 0.534. The van der Waals surface area contributed by atoms with E-state index < -0.39 is 0 Å². The number of benzene rings is 1. The first-order chi connectivity index (χ1) is 13.5. The summed E-state index contributed by atoms with van der Waals surface area (Å²) in [7, 11) is 1.79. The van der Waals surface area contributed by atoms with E-state index in [9.17, 15) is 9.59 Å². The van der Waals surface area contributed by atoms with Gasteiger partial charge in [0.15, 0.2) is 11.6 Å². The lowest BCUT2D eigenvalue weighted by Gasteiger charge is -2.19. The number of aromatic nitrogens is 3. The first kappa shape index (κ1) is 20.0. The summed E-state index contributed by atoms with van der Waals surface area (Å²) >= 11 is 0. The Labute approximate surface area is 164 Å². The van der Waals surface area contributed by atoms with Crippen LogP contribution < -0.4 is 15.4 Å². The van der Waals surface area contributed by atoms with Crippen molar-refractivity contribution in [3.05, 3.63) is 35.7 Å². The number of nitrogens with one attached hydrogen (secondary N) is 2. The number of aryl methyl sites for hydroxylation is 1. The largest absolute Gasteiger partial charge is 0.494 e. The number of hydrogen-bond acceptors (Lipinski definition) is 6. The van der Waals surface area contributed by atoms with Crippen molar-refractivity contribution in [2.24, 2.45) is 7.05 Å². The number of Topliss-reactive ketones (excluding diaryl/α,β-unsaturated/α-hetero) is 1. The van der Waals surface area contributed by atoms with Crippen molar-refractivity contribution in [3.8, 4) is 5.75 Å². The Balaban J connectivity index is 1.42. The summed E-state index contributed by atoms with van der Waals surface area (Å²) in [5.41, 5.74) is 0.652. The molecule has 1 saturated heterocycles. The van der Waals surface area contributed by atoms with Crippen molar-refractivity contribution in [1.29, 1.82) is 0 Å². The van der Waals surface area contributed by atoms with E-state index in [2.05, 4.69) is 20.7 Å².